The van der Waals surface area contributed by atoms with E-state index in [0.717, 1.165) is 12.5 Å². The maximum Gasteiger partial charge on any atom is 0.130 e. The predicted octanol–water partition coefficient (Wildman–Crippen LogP) is 3.93. The van der Waals surface area contributed by atoms with E-state index in [9.17, 15) is 0 Å². The zero-order chi connectivity index (χ0) is 10.9. The van der Waals surface area contributed by atoms with E-state index in [2.05, 4.69) is 17.9 Å². The van der Waals surface area contributed by atoms with Crippen molar-refractivity contribution >= 4 is 29.2 Å². The average molecular weight is 245 g/mol. The van der Waals surface area contributed by atoms with Crippen LogP contribution in [0.1, 0.15) is 57.8 Å². The van der Waals surface area contributed by atoms with Crippen molar-refractivity contribution < 1.29 is 0 Å². The molecule has 1 nitrogen and oxygen atoms in total. The Labute approximate surface area is 105 Å². The van der Waals surface area contributed by atoms with Crippen molar-refractivity contribution in [3.05, 3.63) is 0 Å². The monoisotopic (exact) mass is 245 g/mol. The minimum absolute atomic E-state index is 0.627. The molecule has 1 N–H and O–H groups in total. The number of rotatable bonds is 6. The Balaban J connectivity index is 1.85. The van der Waals surface area contributed by atoms with Crippen LogP contribution in [0, 0.1) is 5.92 Å². The average Bonchev–Trinajstić information content (AvgIpc) is 2.24. The molecule has 0 aliphatic heterocycles. The SMILES string of the molecule is S=C(S)NCCCCCC1CCCCC1. The van der Waals surface area contributed by atoms with Crippen LogP contribution >= 0.6 is 24.8 Å². The smallest absolute Gasteiger partial charge is 0.130 e. The molecule has 0 atom stereocenters. The third-order valence-corrected chi connectivity index (χ3v) is 3.59. The molecule has 3 heteroatoms. The van der Waals surface area contributed by atoms with E-state index in [1.807, 2.05) is 0 Å². The highest BCUT2D eigenvalue weighted by molar-refractivity contribution is 8.11. The molecule has 0 bridgehead atoms. The largest absolute Gasteiger partial charge is 0.371 e. The van der Waals surface area contributed by atoms with Gasteiger partial charge in [-0.1, -0.05) is 63.6 Å². The van der Waals surface area contributed by atoms with Crippen molar-refractivity contribution in [2.24, 2.45) is 5.92 Å². The molecular weight excluding hydrogens is 222 g/mol. The number of nitrogens with one attached hydrogen (secondary N) is 1. The summed E-state index contributed by atoms with van der Waals surface area (Å²) >= 11 is 8.86. The van der Waals surface area contributed by atoms with E-state index < -0.39 is 0 Å². The van der Waals surface area contributed by atoms with Gasteiger partial charge in [0, 0.05) is 6.54 Å². The molecule has 0 amide bonds. The standard InChI is InChI=1S/C12H23NS2/c14-12(15)13-10-6-2-5-9-11-7-3-1-4-8-11/h11H,1-10H2,(H2,13,14,15). The van der Waals surface area contributed by atoms with Gasteiger partial charge in [-0.15, -0.1) is 12.6 Å². The second-order valence-corrected chi connectivity index (χ2v) is 5.74. The van der Waals surface area contributed by atoms with Crippen LogP contribution in [-0.2, 0) is 0 Å². The number of thiocarbonyl (C=S) groups is 1. The van der Waals surface area contributed by atoms with Crippen molar-refractivity contribution in [2.45, 2.75) is 57.8 Å². The molecule has 0 saturated heterocycles. The Morgan fingerprint density at radius 3 is 2.53 bits per heavy atom. The molecule has 1 rings (SSSR count). The predicted molar refractivity (Wildman–Crippen MR) is 74.6 cm³/mol. The van der Waals surface area contributed by atoms with Crippen LogP contribution in [0.2, 0.25) is 0 Å². The van der Waals surface area contributed by atoms with E-state index in [1.54, 1.807) is 0 Å². The summed E-state index contributed by atoms with van der Waals surface area (Å²) in [6, 6.07) is 0. The second-order valence-electron chi connectivity index (χ2n) is 4.59. The first-order valence-corrected chi connectivity index (χ1v) is 7.11. The first kappa shape index (κ1) is 13.3. The Hall–Kier alpha value is 0.240. The summed E-state index contributed by atoms with van der Waals surface area (Å²) in [5.74, 6) is 1.04. The second kappa shape index (κ2) is 8.40. The quantitative estimate of drug-likeness (QED) is 0.418. The molecule has 1 saturated carbocycles. The molecule has 1 fully saturated rings. The van der Waals surface area contributed by atoms with Gasteiger partial charge in [0.2, 0.25) is 0 Å². The van der Waals surface area contributed by atoms with E-state index in [4.69, 9.17) is 12.2 Å². The minimum atomic E-state index is 0.627. The Morgan fingerprint density at radius 2 is 1.87 bits per heavy atom. The summed E-state index contributed by atoms with van der Waals surface area (Å²) < 4.78 is 0.627. The summed E-state index contributed by atoms with van der Waals surface area (Å²) in [6.07, 6.45) is 12.8. The fraction of sp³-hybridized carbons (Fsp3) is 0.917. The van der Waals surface area contributed by atoms with E-state index in [0.29, 0.717) is 4.32 Å². The Morgan fingerprint density at radius 1 is 1.13 bits per heavy atom. The Bertz CT molecular complexity index is 176. The van der Waals surface area contributed by atoms with Gasteiger partial charge in [0.05, 0.1) is 0 Å². The molecule has 88 valence electrons. The van der Waals surface area contributed by atoms with Crippen LogP contribution in [0.25, 0.3) is 0 Å². The fourth-order valence-electron chi connectivity index (χ4n) is 2.41. The molecule has 0 spiro atoms. The number of unbranched alkanes of at least 4 members (excludes halogenated alkanes) is 2. The molecule has 0 aromatic rings. The molecule has 0 radical (unpaired) electrons. The third kappa shape index (κ3) is 7.18. The summed E-state index contributed by atoms with van der Waals surface area (Å²) in [6.45, 7) is 0.993. The van der Waals surface area contributed by atoms with Crippen molar-refractivity contribution in [1.29, 1.82) is 0 Å². The number of hydrogen-bond acceptors (Lipinski definition) is 1. The molecule has 0 aromatic carbocycles. The maximum absolute atomic E-state index is 4.83. The first-order valence-electron chi connectivity index (χ1n) is 6.26. The third-order valence-electron chi connectivity index (χ3n) is 3.29. The van der Waals surface area contributed by atoms with Crippen molar-refractivity contribution in [3.63, 3.8) is 0 Å². The van der Waals surface area contributed by atoms with Crippen LogP contribution < -0.4 is 5.32 Å². The highest BCUT2D eigenvalue weighted by Crippen LogP contribution is 2.27. The molecule has 15 heavy (non-hydrogen) atoms. The van der Waals surface area contributed by atoms with Gasteiger partial charge in [-0.05, 0) is 12.3 Å². The molecular formula is C12H23NS2. The van der Waals surface area contributed by atoms with Gasteiger partial charge in [-0.3, -0.25) is 0 Å². The Kier molecular flexibility index (Phi) is 7.45. The lowest BCUT2D eigenvalue weighted by Crippen LogP contribution is -2.17. The zero-order valence-electron chi connectivity index (χ0n) is 9.50. The summed E-state index contributed by atoms with van der Waals surface area (Å²) in [4.78, 5) is 0. The lowest BCUT2D eigenvalue weighted by molar-refractivity contribution is 0.328. The van der Waals surface area contributed by atoms with Crippen molar-refractivity contribution in [2.75, 3.05) is 6.54 Å². The van der Waals surface area contributed by atoms with Crippen LogP contribution in [0.4, 0.5) is 0 Å². The first-order chi connectivity index (χ1) is 7.29. The molecule has 0 aromatic heterocycles. The van der Waals surface area contributed by atoms with Gasteiger partial charge in [0.1, 0.15) is 4.32 Å². The summed E-state index contributed by atoms with van der Waals surface area (Å²) in [5, 5.41) is 3.08. The topological polar surface area (TPSA) is 12.0 Å². The van der Waals surface area contributed by atoms with E-state index in [-0.39, 0.29) is 0 Å². The van der Waals surface area contributed by atoms with Gasteiger partial charge in [0.15, 0.2) is 0 Å². The van der Waals surface area contributed by atoms with Gasteiger partial charge in [0.25, 0.3) is 0 Å². The number of hydrogen-bond donors (Lipinski definition) is 2. The lowest BCUT2D eigenvalue weighted by Gasteiger charge is -2.21. The van der Waals surface area contributed by atoms with Gasteiger partial charge >= 0.3 is 0 Å². The van der Waals surface area contributed by atoms with Gasteiger partial charge in [-0.2, -0.15) is 0 Å². The zero-order valence-corrected chi connectivity index (χ0v) is 11.2. The molecule has 0 unspecified atom stereocenters. The van der Waals surface area contributed by atoms with Gasteiger partial charge in [-0.25, -0.2) is 0 Å². The molecule has 0 heterocycles. The maximum atomic E-state index is 4.83. The lowest BCUT2D eigenvalue weighted by atomic mass is 9.86. The van der Waals surface area contributed by atoms with Crippen LogP contribution in [0.3, 0.4) is 0 Å². The molecule has 1 aliphatic carbocycles. The molecule has 1 aliphatic rings. The highest BCUT2D eigenvalue weighted by atomic mass is 32.1. The highest BCUT2D eigenvalue weighted by Gasteiger charge is 2.12. The fourth-order valence-corrected chi connectivity index (χ4v) is 2.62. The van der Waals surface area contributed by atoms with Crippen molar-refractivity contribution in [3.8, 4) is 0 Å². The van der Waals surface area contributed by atoms with Crippen LogP contribution in [0.15, 0.2) is 0 Å². The van der Waals surface area contributed by atoms with E-state index in [1.165, 1.54) is 57.8 Å². The van der Waals surface area contributed by atoms with Crippen LogP contribution in [0.5, 0.6) is 0 Å². The van der Waals surface area contributed by atoms with Crippen LogP contribution in [-0.4, -0.2) is 10.9 Å². The normalized spacial score (nSPS) is 17.7. The summed E-state index contributed by atoms with van der Waals surface area (Å²) in [5.41, 5.74) is 0. The number of thiol groups is 1. The minimum Gasteiger partial charge on any atom is -0.371 e. The van der Waals surface area contributed by atoms with Crippen molar-refractivity contribution in [1.82, 2.24) is 5.32 Å². The van der Waals surface area contributed by atoms with Gasteiger partial charge < -0.3 is 5.32 Å². The summed E-state index contributed by atoms with van der Waals surface area (Å²) in [7, 11) is 0. The van der Waals surface area contributed by atoms with E-state index >= 15 is 0 Å².